The predicted octanol–water partition coefficient (Wildman–Crippen LogP) is 3.13. The molecule has 0 atom stereocenters. The summed E-state index contributed by atoms with van der Waals surface area (Å²) in [4.78, 5) is 26.2. The monoisotopic (exact) mass is 376 g/mol. The highest BCUT2D eigenvalue weighted by Crippen LogP contribution is 2.17. The van der Waals surface area contributed by atoms with E-state index < -0.39 is 0 Å². The van der Waals surface area contributed by atoms with E-state index in [1.165, 1.54) is 4.90 Å². The summed E-state index contributed by atoms with van der Waals surface area (Å²) < 4.78 is 1.73. The van der Waals surface area contributed by atoms with E-state index in [-0.39, 0.29) is 24.8 Å². The molecule has 1 aromatic heterocycles. The zero-order valence-electron chi connectivity index (χ0n) is 16.3. The number of aromatic nitrogens is 2. The highest BCUT2D eigenvalue weighted by molar-refractivity contribution is 5.95. The van der Waals surface area contributed by atoms with Crippen LogP contribution in [0.15, 0.2) is 60.9 Å². The SMILES string of the molecule is Cc1cccc(NC(=O)CN(C)C(=O)Cc2cnn(-c3ccccc3)c2)c1C. The minimum atomic E-state index is -0.218. The molecule has 1 heterocycles. The molecule has 0 radical (unpaired) electrons. The van der Waals surface area contributed by atoms with E-state index in [1.807, 2.05) is 68.6 Å². The van der Waals surface area contributed by atoms with Gasteiger partial charge in [-0.3, -0.25) is 9.59 Å². The lowest BCUT2D eigenvalue weighted by Gasteiger charge is -2.17. The first-order chi connectivity index (χ1) is 13.4. The molecule has 0 bridgehead atoms. The van der Waals surface area contributed by atoms with Gasteiger partial charge in [-0.05, 0) is 48.7 Å². The number of aryl methyl sites for hydroxylation is 1. The number of carbonyl (C=O) groups excluding carboxylic acids is 2. The minimum absolute atomic E-state index is 0.000955. The highest BCUT2D eigenvalue weighted by Gasteiger charge is 2.15. The Labute approximate surface area is 164 Å². The number of carbonyl (C=O) groups is 2. The second-order valence-electron chi connectivity index (χ2n) is 6.85. The number of nitrogens with one attached hydrogen (secondary N) is 1. The van der Waals surface area contributed by atoms with Crippen molar-refractivity contribution in [2.45, 2.75) is 20.3 Å². The van der Waals surface area contributed by atoms with Crippen LogP contribution in [0.5, 0.6) is 0 Å². The van der Waals surface area contributed by atoms with Gasteiger partial charge in [0.25, 0.3) is 0 Å². The van der Waals surface area contributed by atoms with Crippen molar-refractivity contribution in [3.8, 4) is 5.69 Å². The van der Waals surface area contributed by atoms with E-state index in [0.717, 1.165) is 28.1 Å². The maximum Gasteiger partial charge on any atom is 0.243 e. The second kappa shape index (κ2) is 8.52. The van der Waals surface area contributed by atoms with E-state index in [9.17, 15) is 9.59 Å². The Bertz CT molecular complexity index is 979. The third-order valence-electron chi connectivity index (χ3n) is 4.70. The Kier molecular flexibility index (Phi) is 5.89. The third kappa shape index (κ3) is 4.65. The van der Waals surface area contributed by atoms with Gasteiger partial charge in [0.1, 0.15) is 0 Å². The summed E-state index contributed by atoms with van der Waals surface area (Å²) in [5, 5.41) is 7.18. The van der Waals surface area contributed by atoms with Crippen molar-refractivity contribution >= 4 is 17.5 Å². The second-order valence-corrected chi connectivity index (χ2v) is 6.85. The molecule has 1 N–H and O–H groups in total. The molecule has 3 aromatic rings. The summed E-state index contributed by atoms with van der Waals surface area (Å²) in [6, 6.07) is 15.5. The number of nitrogens with zero attached hydrogens (tertiary/aromatic N) is 3. The van der Waals surface area contributed by atoms with Crippen LogP contribution < -0.4 is 5.32 Å². The number of amides is 2. The van der Waals surface area contributed by atoms with Gasteiger partial charge in [-0.15, -0.1) is 0 Å². The molecule has 2 amide bonds. The number of hydrogen-bond donors (Lipinski definition) is 1. The van der Waals surface area contributed by atoms with Crippen molar-refractivity contribution in [3.05, 3.63) is 77.6 Å². The van der Waals surface area contributed by atoms with Crippen LogP contribution in [0.25, 0.3) is 5.69 Å². The van der Waals surface area contributed by atoms with Crippen LogP contribution in [0.2, 0.25) is 0 Å². The fraction of sp³-hybridized carbons (Fsp3) is 0.227. The number of para-hydroxylation sites is 1. The minimum Gasteiger partial charge on any atom is -0.336 e. The first-order valence-corrected chi connectivity index (χ1v) is 9.13. The molecule has 0 fully saturated rings. The van der Waals surface area contributed by atoms with Crippen LogP contribution >= 0.6 is 0 Å². The number of rotatable bonds is 6. The molecule has 0 spiro atoms. The van der Waals surface area contributed by atoms with Gasteiger partial charge in [-0.25, -0.2) is 4.68 Å². The van der Waals surface area contributed by atoms with E-state index in [4.69, 9.17) is 0 Å². The molecule has 0 unspecified atom stereocenters. The van der Waals surface area contributed by atoms with Gasteiger partial charge in [0.05, 0.1) is 24.8 Å². The van der Waals surface area contributed by atoms with Gasteiger partial charge in [-0.1, -0.05) is 30.3 Å². The maximum atomic E-state index is 12.5. The van der Waals surface area contributed by atoms with Crippen LogP contribution in [0.3, 0.4) is 0 Å². The Morgan fingerprint density at radius 3 is 2.57 bits per heavy atom. The Balaban J connectivity index is 1.57. The Morgan fingerprint density at radius 1 is 1.07 bits per heavy atom. The molecule has 6 heteroatoms. The lowest BCUT2D eigenvalue weighted by Crippen LogP contribution is -2.35. The average Bonchev–Trinajstić information content (AvgIpc) is 3.14. The van der Waals surface area contributed by atoms with Crippen molar-refractivity contribution in [1.29, 1.82) is 0 Å². The summed E-state index contributed by atoms with van der Waals surface area (Å²) in [5.74, 6) is -0.353. The average molecular weight is 376 g/mol. The zero-order chi connectivity index (χ0) is 20.1. The van der Waals surface area contributed by atoms with Gasteiger partial charge in [0.2, 0.25) is 11.8 Å². The number of anilines is 1. The van der Waals surface area contributed by atoms with E-state index in [1.54, 1.807) is 17.9 Å². The maximum absolute atomic E-state index is 12.5. The van der Waals surface area contributed by atoms with E-state index >= 15 is 0 Å². The normalized spacial score (nSPS) is 10.5. The van der Waals surface area contributed by atoms with Crippen molar-refractivity contribution < 1.29 is 9.59 Å². The van der Waals surface area contributed by atoms with Crippen molar-refractivity contribution in [3.63, 3.8) is 0 Å². The quantitative estimate of drug-likeness (QED) is 0.719. The smallest absolute Gasteiger partial charge is 0.243 e. The van der Waals surface area contributed by atoms with Gasteiger partial charge < -0.3 is 10.2 Å². The molecule has 6 nitrogen and oxygen atoms in total. The van der Waals surface area contributed by atoms with Crippen LogP contribution in [-0.4, -0.2) is 40.1 Å². The highest BCUT2D eigenvalue weighted by atomic mass is 16.2. The van der Waals surface area contributed by atoms with Crippen LogP contribution in [0.1, 0.15) is 16.7 Å². The van der Waals surface area contributed by atoms with Crippen LogP contribution in [0, 0.1) is 13.8 Å². The molecule has 2 aromatic carbocycles. The lowest BCUT2D eigenvalue weighted by atomic mass is 10.1. The van der Waals surface area contributed by atoms with Gasteiger partial charge in [-0.2, -0.15) is 5.10 Å². The van der Waals surface area contributed by atoms with E-state index in [0.29, 0.717) is 0 Å². The zero-order valence-corrected chi connectivity index (χ0v) is 16.3. The molecule has 0 saturated carbocycles. The van der Waals surface area contributed by atoms with Gasteiger partial charge in [0.15, 0.2) is 0 Å². The number of hydrogen-bond acceptors (Lipinski definition) is 3. The fourth-order valence-corrected chi connectivity index (χ4v) is 2.86. The largest absolute Gasteiger partial charge is 0.336 e. The summed E-state index contributed by atoms with van der Waals surface area (Å²) >= 11 is 0. The van der Waals surface area contributed by atoms with E-state index in [2.05, 4.69) is 10.4 Å². The van der Waals surface area contributed by atoms with Crippen molar-refractivity contribution in [2.24, 2.45) is 0 Å². The predicted molar refractivity (Wildman–Crippen MR) is 109 cm³/mol. The number of benzene rings is 2. The van der Waals surface area contributed by atoms with Gasteiger partial charge >= 0.3 is 0 Å². The molecule has 0 saturated heterocycles. The summed E-state index contributed by atoms with van der Waals surface area (Å²) in [6.45, 7) is 3.96. The van der Waals surface area contributed by atoms with Crippen LogP contribution in [0.4, 0.5) is 5.69 Å². The first kappa shape index (κ1) is 19.4. The Morgan fingerprint density at radius 2 is 1.82 bits per heavy atom. The van der Waals surface area contributed by atoms with Gasteiger partial charge in [0, 0.05) is 18.9 Å². The number of likely N-dealkylation sites (N-methyl/N-ethyl adjacent to an activating group) is 1. The van der Waals surface area contributed by atoms with Crippen LogP contribution in [-0.2, 0) is 16.0 Å². The molecule has 28 heavy (non-hydrogen) atoms. The third-order valence-corrected chi connectivity index (χ3v) is 4.70. The topological polar surface area (TPSA) is 67.2 Å². The first-order valence-electron chi connectivity index (χ1n) is 9.13. The molecule has 144 valence electrons. The molecular formula is C22H24N4O2. The summed E-state index contributed by atoms with van der Waals surface area (Å²) in [5.41, 5.74) is 4.64. The standard InChI is InChI=1S/C22H24N4O2/c1-16-8-7-11-20(17(16)2)24-21(27)15-25(3)22(28)12-18-13-23-26(14-18)19-9-5-4-6-10-19/h4-11,13-14H,12,15H2,1-3H3,(H,24,27). The summed E-state index contributed by atoms with van der Waals surface area (Å²) in [7, 11) is 1.63. The molecular weight excluding hydrogens is 352 g/mol. The van der Waals surface area contributed by atoms with Crippen molar-refractivity contribution in [2.75, 3.05) is 18.9 Å². The fourth-order valence-electron chi connectivity index (χ4n) is 2.86. The summed E-state index contributed by atoms with van der Waals surface area (Å²) in [6.07, 6.45) is 3.70. The van der Waals surface area contributed by atoms with Crippen molar-refractivity contribution in [1.82, 2.24) is 14.7 Å². The lowest BCUT2D eigenvalue weighted by molar-refractivity contribution is -0.132. The Hall–Kier alpha value is -3.41. The molecule has 0 aliphatic rings. The molecule has 0 aliphatic heterocycles. The molecule has 3 rings (SSSR count). The molecule has 0 aliphatic carbocycles.